The summed E-state index contributed by atoms with van der Waals surface area (Å²) in [5.74, 6) is -0.342. The Labute approximate surface area is 53.3 Å². The summed E-state index contributed by atoms with van der Waals surface area (Å²) in [5.41, 5.74) is 0. The maximum Gasteiger partial charge on any atom is 0.302 e. The lowest BCUT2D eigenvalue weighted by Crippen LogP contribution is -1.97. The first-order valence-electron chi connectivity index (χ1n) is 2.51. The molecule has 0 aliphatic heterocycles. The molecule has 0 radical (unpaired) electrons. The van der Waals surface area contributed by atoms with Gasteiger partial charge in [-0.25, -0.2) is 0 Å². The van der Waals surface area contributed by atoms with Gasteiger partial charge in [0, 0.05) is 6.92 Å². The van der Waals surface area contributed by atoms with Crippen LogP contribution in [0.5, 0.6) is 0 Å². The van der Waals surface area contributed by atoms with Crippen LogP contribution in [-0.4, -0.2) is 18.9 Å². The van der Waals surface area contributed by atoms with Crippen molar-refractivity contribution >= 4 is 12.3 Å². The van der Waals surface area contributed by atoms with Gasteiger partial charge in [0.05, 0.1) is 0 Å². The van der Waals surface area contributed by atoms with E-state index in [1.807, 2.05) is 0 Å². The quantitative estimate of drug-likeness (QED) is 0.312. The number of aldehydes is 1. The Bertz CT molecular complexity index is 126. The Morgan fingerprint density at radius 1 is 1.67 bits per heavy atom. The fraction of sp³-hybridized carbons (Fsp3) is 0.333. The number of esters is 1. The molecule has 0 aromatic carbocycles. The van der Waals surface area contributed by atoms with E-state index in [0.29, 0.717) is 6.29 Å². The van der Waals surface area contributed by atoms with Crippen LogP contribution in [0.15, 0.2) is 12.2 Å². The molecular weight excluding hydrogens is 120 g/mol. The van der Waals surface area contributed by atoms with Gasteiger partial charge in [0.2, 0.25) is 0 Å². The predicted octanol–water partition coefficient (Wildman–Crippen LogP) is 0.305. The van der Waals surface area contributed by atoms with Crippen molar-refractivity contribution in [1.82, 2.24) is 0 Å². The second-order valence-corrected chi connectivity index (χ2v) is 1.37. The monoisotopic (exact) mass is 128 g/mol. The zero-order valence-electron chi connectivity index (χ0n) is 5.16. The van der Waals surface area contributed by atoms with Gasteiger partial charge < -0.3 is 4.74 Å². The molecule has 0 spiro atoms. The molecule has 0 saturated carbocycles. The fourth-order valence-corrected chi connectivity index (χ4v) is 0.277. The van der Waals surface area contributed by atoms with Crippen LogP contribution < -0.4 is 0 Å². The van der Waals surface area contributed by atoms with Gasteiger partial charge in [0.1, 0.15) is 12.9 Å². The van der Waals surface area contributed by atoms with Crippen LogP contribution in [-0.2, 0) is 14.3 Å². The van der Waals surface area contributed by atoms with Crippen molar-refractivity contribution in [2.45, 2.75) is 6.92 Å². The second kappa shape index (κ2) is 5.03. The molecular formula is C6H8O3. The Kier molecular flexibility index (Phi) is 4.40. The van der Waals surface area contributed by atoms with Crippen LogP contribution in [0.1, 0.15) is 6.92 Å². The summed E-state index contributed by atoms with van der Waals surface area (Å²) in [4.78, 5) is 19.7. The van der Waals surface area contributed by atoms with E-state index in [1.54, 1.807) is 0 Å². The van der Waals surface area contributed by atoms with E-state index in [9.17, 15) is 9.59 Å². The number of allylic oxidation sites excluding steroid dienone is 1. The first-order valence-corrected chi connectivity index (χ1v) is 2.51. The SMILES string of the molecule is CC(=O)OC/C=C/C=O. The summed E-state index contributed by atoms with van der Waals surface area (Å²) in [5, 5.41) is 0. The van der Waals surface area contributed by atoms with E-state index in [1.165, 1.54) is 19.1 Å². The standard InChI is InChI=1S/C6H8O3/c1-6(8)9-5-3-2-4-7/h2-4H,5H2,1H3/b3-2+. The summed E-state index contributed by atoms with van der Waals surface area (Å²) in [6, 6.07) is 0. The summed E-state index contributed by atoms with van der Waals surface area (Å²) < 4.78 is 4.46. The lowest BCUT2D eigenvalue weighted by atomic mass is 10.5. The maximum atomic E-state index is 10.1. The third-order valence-corrected chi connectivity index (χ3v) is 0.597. The van der Waals surface area contributed by atoms with Crippen molar-refractivity contribution in [2.24, 2.45) is 0 Å². The molecule has 0 bridgehead atoms. The van der Waals surface area contributed by atoms with Crippen LogP contribution in [0.2, 0.25) is 0 Å². The Morgan fingerprint density at radius 2 is 2.33 bits per heavy atom. The second-order valence-electron chi connectivity index (χ2n) is 1.37. The van der Waals surface area contributed by atoms with E-state index in [-0.39, 0.29) is 12.6 Å². The third kappa shape index (κ3) is 6.88. The van der Waals surface area contributed by atoms with Crippen molar-refractivity contribution in [1.29, 1.82) is 0 Å². The van der Waals surface area contributed by atoms with Crippen LogP contribution >= 0.6 is 0 Å². The fourth-order valence-electron chi connectivity index (χ4n) is 0.277. The van der Waals surface area contributed by atoms with Crippen LogP contribution in [0.25, 0.3) is 0 Å². The van der Waals surface area contributed by atoms with Gasteiger partial charge in [-0.05, 0) is 12.2 Å². The average molecular weight is 128 g/mol. The molecule has 0 rings (SSSR count). The zero-order chi connectivity index (χ0) is 7.11. The number of hydrogen-bond donors (Lipinski definition) is 0. The molecule has 0 aromatic heterocycles. The third-order valence-electron chi connectivity index (χ3n) is 0.597. The smallest absolute Gasteiger partial charge is 0.302 e. The summed E-state index contributed by atoms with van der Waals surface area (Å²) in [7, 11) is 0. The van der Waals surface area contributed by atoms with Crippen molar-refractivity contribution in [3.05, 3.63) is 12.2 Å². The predicted molar refractivity (Wildman–Crippen MR) is 31.8 cm³/mol. The highest BCUT2D eigenvalue weighted by atomic mass is 16.5. The molecule has 50 valence electrons. The number of carbonyl (C=O) groups is 2. The van der Waals surface area contributed by atoms with Crippen molar-refractivity contribution in [2.75, 3.05) is 6.61 Å². The molecule has 0 aliphatic rings. The molecule has 0 aliphatic carbocycles. The van der Waals surface area contributed by atoms with Gasteiger partial charge in [0.15, 0.2) is 0 Å². The van der Waals surface area contributed by atoms with Crippen LogP contribution in [0.3, 0.4) is 0 Å². The number of carbonyl (C=O) groups excluding carboxylic acids is 2. The molecule has 0 aromatic rings. The lowest BCUT2D eigenvalue weighted by molar-refractivity contribution is -0.139. The number of rotatable bonds is 3. The van der Waals surface area contributed by atoms with Gasteiger partial charge in [-0.15, -0.1) is 0 Å². The molecule has 3 nitrogen and oxygen atoms in total. The molecule has 0 N–H and O–H groups in total. The number of hydrogen-bond acceptors (Lipinski definition) is 3. The Hall–Kier alpha value is -1.12. The lowest BCUT2D eigenvalue weighted by Gasteiger charge is -1.91. The average Bonchev–Trinajstić information content (AvgIpc) is 1.80. The Balaban J connectivity index is 3.19. The van der Waals surface area contributed by atoms with Crippen molar-refractivity contribution in [3.8, 4) is 0 Å². The van der Waals surface area contributed by atoms with Gasteiger partial charge >= 0.3 is 5.97 Å². The maximum absolute atomic E-state index is 10.1. The van der Waals surface area contributed by atoms with E-state index in [4.69, 9.17) is 0 Å². The van der Waals surface area contributed by atoms with Gasteiger partial charge in [0.25, 0.3) is 0 Å². The molecule has 0 heterocycles. The van der Waals surface area contributed by atoms with E-state index < -0.39 is 0 Å². The molecule has 0 unspecified atom stereocenters. The summed E-state index contributed by atoms with van der Waals surface area (Å²) in [6.07, 6.45) is 3.38. The van der Waals surface area contributed by atoms with Crippen LogP contribution in [0.4, 0.5) is 0 Å². The highest BCUT2D eigenvalue weighted by Gasteiger charge is 1.84. The van der Waals surface area contributed by atoms with Gasteiger partial charge in [-0.3, -0.25) is 9.59 Å². The minimum atomic E-state index is -0.342. The summed E-state index contributed by atoms with van der Waals surface area (Å²) >= 11 is 0. The molecule has 3 heteroatoms. The van der Waals surface area contributed by atoms with Crippen molar-refractivity contribution < 1.29 is 14.3 Å². The molecule has 0 saturated heterocycles. The van der Waals surface area contributed by atoms with Gasteiger partial charge in [-0.2, -0.15) is 0 Å². The largest absolute Gasteiger partial charge is 0.462 e. The first-order chi connectivity index (χ1) is 4.27. The van der Waals surface area contributed by atoms with E-state index >= 15 is 0 Å². The van der Waals surface area contributed by atoms with E-state index in [2.05, 4.69) is 4.74 Å². The minimum Gasteiger partial charge on any atom is -0.462 e. The van der Waals surface area contributed by atoms with E-state index in [0.717, 1.165) is 0 Å². The highest BCUT2D eigenvalue weighted by Crippen LogP contribution is 1.76. The minimum absolute atomic E-state index is 0.175. The topological polar surface area (TPSA) is 43.4 Å². The zero-order valence-corrected chi connectivity index (χ0v) is 5.16. The van der Waals surface area contributed by atoms with Crippen molar-refractivity contribution in [3.63, 3.8) is 0 Å². The Morgan fingerprint density at radius 3 is 2.78 bits per heavy atom. The van der Waals surface area contributed by atoms with Crippen LogP contribution in [0, 0.1) is 0 Å². The first kappa shape index (κ1) is 7.88. The summed E-state index contributed by atoms with van der Waals surface area (Å²) in [6.45, 7) is 1.49. The van der Waals surface area contributed by atoms with Gasteiger partial charge in [-0.1, -0.05) is 0 Å². The molecule has 0 fully saturated rings. The molecule has 0 atom stereocenters. The highest BCUT2D eigenvalue weighted by molar-refractivity contribution is 5.67. The number of ether oxygens (including phenoxy) is 1. The molecule has 0 amide bonds. The normalized spacial score (nSPS) is 9.44. The molecule has 9 heavy (non-hydrogen) atoms.